The summed E-state index contributed by atoms with van der Waals surface area (Å²) in [4.78, 5) is 3.82. The molecule has 1 heterocycles. The Labute approximate surface area is 101 Å². The Bertz CT molecular complexity index is 499. The largest absolute Gasteiger partial charge is 0.438 e. The summed E-state index contributed by atoms with van der Waals surface area (Å²) in [5.74, 6) is 0.644. The van der Waals surface area contributed by atoms with Crippen LogP contribution in [0.1, 0.15) is 5.56 Å². The predicted molar refractivity (Wildman–Crippen MR) is 63.1 cm³/mol. The molecule has 0 unspecified atom stereocenters. The second kappa shape index (κ2) is 4.61. The summed E-state index contributed by atoms with van der Waals surface area (Å²) < 4.78 is 19.0. The number of rotatable bonds is 2. The molecule has 0 saturated carbocycles. The van der Waals surface area contributed by atoms with Gasteiger partial charge in [0.15, 0.2) is 0 Å². The van der Waals surface area contributed by atoms with Crippen molar-refractivity contribution < 1.29 is 9.13 Å². The molecule has 0 aliphatic heterocycles. The summed E-state index contributed by atoms with van der Waals surface area (Å²) in [7, 11) is 0. The fraction of sp³-hybridized carbons (Fsp3) is 0.0833. The first-order valence-corrected chi connectivity index (χ1v) is 5.50. The highest BCUT2D eigenvalue weighted by molar-refractivity contribution is 9.10. The normalized spacial score (nSPS) is 10.2. The number of pyridine rings is 1. The lowest BCUT2D eigenvalue weighted by Gasteiger charge is -2.06. The topological polar surface area (TPSA) is 22.1 Å². The van der Waals surface area contributed by atoms with E-state index in [1.54, 1.807) is 0 Å². The molecule has 0 atom stereocenters. The van der Waals surface area contributed by atoms with Crippen LogP contribution < -0.4 is 4.74 Å². The van der Waals surface area contributed by atoms with Crippen molar-refractivity contribution in [3.05, 3.63) is 52.4 Å². The second-order valence-electron chi connectivity index (χ2n) is 3.35. The summed E-state index contributed by atoms with van der Waals surface area (Å²) in [5.41, 5.74) is 1.13. The molecule has 2 rings (SSSR count). The maximum Gasteiger partial charge on any atom is 0.219 e. The number of hydrogen-bond donors (Lipinski definition) is 0. The molecular formula is C12H9BrFNO. The first-order chi connectivity index (χ1) is 7.65. The average Bonchev–Trinajstić information content (AvgIpc) is 2.25. The molecule has 0 bridgehead atoms. The van der Waals surface area contributed by atoms with Crippen molar-refractivity contribution in [2.75, 3.05) is 0 Å². The Balaban J connectivity index is 2.23. The quantitative estimate of drug-likeness (QED) is 0.827. The van der Waals surface area contributed by atoms with Crippen molar-refractivity contribution in [2.24, 2.45) is 0 Å². The minimum absolute atomic E-state index is 0.367. The summed E-state index contributed by atoms with van der Waals surface area (Å²) in [5, 5.41) is 0. The zero-order valence-corrected chi connectivity index (χ0v) is 10.2. The van der Waals surface area contributed by atoms with Crippen LogP contribution in [0.25, 0.3) is 0 Å². The van der Waals surface area contributed by atoms with Crippen LogP contribution in [0.4, 0.5) is 4.39 Å². The third-order valence-electron chi connectivity index (χ3n) is 2.00. The van der Waals surface area contributed by atoms with Crippen molar-refractivity contribution in [3.8, 4) is 11.6 Å². The van der Waals surface area contributed by atoms with Crippen molar-refractivity contribution in [2.45, 2.75) is 6.92 Å². The summed E-state index contributed by atoms with van der Waals surface area (Å²) in [6.07, 6.45) is 1.12. The van der Waals surface area contributed by atoms with E-state index in [1.165, 1.54) is 12.1 Å². The smallest absolute Gasteiger partial charge is 0.219 e. The van der Waals surface area contributed by atoms with E-state index in [0.29, 0.717) is 11.6 Å². The summed E-state index contributed by atoms with van der Waals surface area (Å²) >= 11 is 3.39. The first kappa shape index (κ1) is 11.1. The van der Waals surface area contributed by atoms with E-state index < -0.39 is 0 Å². The van der Waals surface area contributed by atoms with Gasteiger partial charge in [0.05, 0.1) is 10.7 Å². The Kier molecular flexibility index (Phi) is 3.19. The maximum absolute atomic E-state index is 12.6. The molecule has 0 N–H and O–H groups in total. The zero-order valence-electron chi connectivity index (χ0n) is 8.58. The molecule has 1 aromatic carbocycles. The Morgan fingerprint density at radius 3 is 2.69 bits per heavy atom. The molecule has 0 saturated heterocycles. The lowest BCUT2D eigenvalue weighted by Crippen LogP contribution is -1.89. The molecule has 0 aliphatic rings. The van der Waals surface area contributed by atoms with E-state index in [0.717, 1.165) is 16.2 Å². The van der Waals surface area contributed by atoms with Gasteiger partial charge in [0, 0.05) is 6.07 Å². The molecule has 0 aliphatic carbocycles. The van der Waals surface area contributed by atoms with E-state index in [4.69, 9.17) is 4.74 Å². The summed E-state index contributed by atoms with van der Waals surface area (Å²) in [6, 6.07) is 8.51. The molecular weight excluding hydrogens is 273 g/mol. The van der Waals surface area contributed by atoms with Crippen LogP contribution in [0.2, 0.25) is 0 Å². The molecule has 82 valence electrons. The van der Waals surface area contributed by atoms with Crippen LogP contribution in [0, 0.1) is 12.7 Å². The van der Waals surface area contributed by atoms with Crippen molar-refractivity contribution >= 4 is 15.9 Å². The van der Waals surface area contributed by atoms with Crippen LogP contribution in [0.15, 0.2) is 41.0 Å². The van der Waals surface area contributed by atoms with Crippen LogP contribution in [0.5, 0.6) is 11.6 Å². The van der Waals surface area contributed by atoms with Gasteiger partial charge in [0.25, 0.3) is 0 Å². The summed E-state index contributed by atoms with van der Waals surface area (Å²) in [6.45, 7) is 1.99. The fourth-order valence-electron chi connectivity index (χ4n) is 1.22. The standard InChI is InChI=1S/C12H9BrFNO/c1-8-2-4-11(10(13)6-8)16-12-5-3-9(14)7-15-12/h2-7H,1H3. The van der Waals surface area contributed by atoms with Gasteiger partial charge >= 0.3 is 0 Å². The van der Waals surface area contributed by atoms with Gasteiger partial charge in [-0.15, -0.1) is 0 Å². The lowest BCUT2D eigenvalue weighted by molar-refractivity contribution is 0.456. The predicted octanol–water partition coefficient (Wildman–Crippen LogP) is 4.08. The Morgan fingerprint density at radius 1 is 1.25 bits per heavy atom. The highest BCUT2D eigenvalue weighted by Gasteiger charge is 2.03. The maximum atomic E-state index is 12.6. The van der Waals surface area contributed by atoms with Gasteiger partial charge in [-0.05, 0) is 46.6 Å². The minimum Gasteiger partial charge on any atom is -0.438 e. The van der Waals surface area contributed by atoms with Crippen molar-refractivity contribution in [3.63, 3.8) is 0 Å². The number of hydrogen-bond acceptors (Lipinski definition) is 2. The van der Waals surface area contributed by atoms with Crippen LogP contribution in [0.3, 0.4) is 0 Å². The Morgan fingerprint density at radius 2 is 2.06 bits per heavy atom. The molecule has 0 fully saturated rings. The molecule has 0 radical (unpaired) electrons. The number of halogens is 2. The molecule has 2 nitrogen and oxygen atoms in total. The van der Waals surface area contributed by atoms with Gasteiger partial charge < -0.3 is 4.74 Å². The van der Waals surface area contributed by atoms with Crippen LogP contribution >= 0.6 is 15.9 Å². The van der Waals surface area contributed by atoms with Crippen molar-refractivity contribution in [1.82, 2.24) is 4.98 Å². The third-order valence-corrected chi connectivity index (χ3v) is 2.62. The van der Waals surface area contributed by atoms with Gasteiger partial charge in [0.2, 0.25) is 5.88 Å². The number of aryl methyl sites for hydroxylation is 1. The van der Waals surface area contributed by atoms with Gasteiger partial charge in [-0.2, -0.15) is 0 Å². The average molecular weight is 282 g/mol. The molecule has 0 spiro atoms. The highest BCUT2D eigenvalue weighted by Crippen LogP contribution is 2.29. The molecule has 16 heavy (non-hydrogen) atoms. The second-order valence-corrected chi connectivity index (χ2v) is 4.20. The van der Waals surface area contributed by atoms with E-state index in [1.807, 2.05) is 25.1 Å². The number of nitrogens with zero attached hydrogens (tertiary/aromatic N) is 1. The van der Waals surface area contributed by atoms with Gasteiger partial charge in [-0.1, -0.05) is 6.07 Å². The fourth-order valence-corrected chi connectivity index (χ4v) is 1.80. The number of benzene rings is 1. The number of aromatic nitrogens is 1. The SMILES string of the molecule is Cc1ccc(Oc2ccc(F)cn2)c(Br)c1. The molecule has 0 amide bonds. The minimum atomic E-state index is -0.379. The monoisotopic (exact) mass is 281 g/mol. The first-order valence-electron chi connectivity index (χ1n) is 4.71. The van der Waals surface area contributed by atoms with E-state index in [2.05, 4.69) is 20.9 Å². The lowest BCUT2D eigenvalue weighted by atomic mass is 10.2. The Hall–Kier alpha value is -1.42. The van der Waals surface area contributed by atoms with Gasteiger partial charge in [-0.25, -0.2) is 9.37 Å². The van der Waals surface area contributed by atoms with Crippen LogP contribution in [-0.4, -0.2) is 4.98 Å². The van der Waals surface area contributed by atoms with E-state index in [9.17, 15) is 4.39 Å². The van der Waals surface area contributed by atoms with Gasteiger partial charge in [0.1, 0.15) is 11.6 Å². The van der Waals surface area contributed by atoms with E-state index >= 15 is 0 Å². The molecule has 2 aromatic rings. The highest BCUT2D eigenvalue weighted by atomic mass is 79.9. The molecule has 4 heteroatoms. The third kappa shape index (κ3) is 2.58. The zero-order chi connectivity index (χ0) is 11.5. The van der Waals surface area contributed by atoms with E-state index in [-0.39, 0.29) is 5.82 Å². The molecule has 1 aromatic heterocycles. The number of ether oxygens (including phenoxy) is 1. The van der Waals surface area contributed by atoms with Crippen LogP contribution in [-0.2, 0) is 0 Å². The van der Waals surface area contributed by atoms with Crippen molar-refractivity contribution in [1.29, 1.82) is 0 Å². The van der Waals surface area contributed by atoms with Gasteiger partial charge in [-0.3, -0.25) is 0 Å².